The number of anilines is 1. The zero-order chi connectivity index (χ0) is 27.4. The van der Waals surface area contributed by atoms with E-state index in [0.29, 0.717) is 5.56 Å². The van der Waals surface area contributed by atoms with E-state index < -0.39 is 41.3 Å². The van der Waals surface area contributed by atoms with Gasteiger partial charge in [0.1, 0.15) is 29.0 Å². The van der Waals surface area contributed by atoms with E-state index in [1.807, 2.05) is 27.7 Å². The molecule has 2 heterocycles. The van der Waals surface area contributed by atoms with Crippen LogP contribution in [0.15, 0.2) is 53.5 Å². The number of nitriles is 1. The minimum absolute atomic E-state index is 0.0207. The lowest BCUT2D eigenvalue weighted by Gasteiger charge is -2.32. The van der Waals surface area contributed by atoms with Crippen LogP contribution >= 0.6 is 0 Å². The average Bonchev–Trinajstić information content (AvgIpc) is 3.66. The lowest BCUT2D eigenvalue weighted by atomic mass is 9.78. The smallest absolute Gasteiger partial charge is 0.399 e. The Morgan fingerprint density at radius 1 is 1.08 bits per heavy atom. The van der Waals surface area contributed by atoms with Gasteiger partial charge in [-0.3, -0.25) is 9.59 Å². The third kappa shape index (κ3) is 4.53. The molecule has 0 spiro atoms. The summed E-state index contributed by atoms with van der Waals surface area (Å²) < 4.78 is 42.1. The lowest BCUT2D eigenvalue weighted by molar-refractivity contribution is 0.00578. The summed E-state index contributed by atoms with van der Waals surface area (Å²) in [7, 11) is -0.910. The van der Waals surface area contributed by atoms with Gasteiger partial charge in [-0.25, -0.2) is 8.78 Å². The first-order chi connectivity index (χ1) is 17.9. The standard InChI is InChI=1S/C28H26BF2N3O4/c1-27(2)28(3,4)38-29(37-27)21-12-9-18(13-22(21)31)33-26(36)20-15-34(19-10-11-19)23(14-32)24(25(20)35)16-5-7-17(30)8-6-16/h5-9,12-13,15,19H,10-11H2,1-4H3,(H,33,36). The largest absolute Gasteiger partial charge is 0.497 e. The Bertz CT molecular complexity index is 1520. The summed E-state index contributed by atoms with van der Waals surface area (Å²) in [4.78, 5) is 26.7. The number of rotatable bonds is 5. The van der Waals surface area contributed by atoms with E-state index in [-0.39, 0.29) is 34.0 Å². The number of pyridine rings is 1. The number of nitrogens with one attached hydrogen (secondary N) is 1. The van der Waals surface area contributed by atoms with Crippen molar-refractivity contribution in [1.29, 1.82) is 5.26 Å². The normalized spacial score (nSPS) is 17.8. The molecule has 0 unspecified atom stereocenters. The highest BCUT2D eigenvalue weighted by atomic mass is 19.1. The molecule has 0 radical (unpaired) electrons. The summed E-state index contributed by atoms with van der Waals surface area (Å²) in [5.74, 6) is -1.88. The molecule has 5 rings (SSSR count). The maximum atomic E-state index is 15.1. The van der Waals surface area contributed by atoms with E-state index in [1.54, 1.807) is 4.57 Å². The van der Waals surface area contributed by atoms with Gasteiger partial charge in [0.25, 0.3) is 5.91 Å². The van der Waals surface area contributed by atoms with Gasteiger partial charge in [0.2, 0.25) is 5.43 Å². The van der Waals surface area contributed by atoms with Gasteiger partial charge in [0, 0.05) is 23.4 Å². The number of carbonyl (C=O) groups is 1. The van der Waals surface area contributed by atoms with Crippen LogP contribution in [0.4, 0.5) is 14.5 Å². The van der Waals surface area contributed by atoms with Crippen molar-refractivity contribution in [3.63, 3.8) is 0 Å². The van der Waals surface area contributed by atoms with E-state index in [0.717, 1.165) is 18.9 Å². The van der Waals surface area contributed by atoms with E-state index in [2.05, 4.69) is 11.4 Å². The van der Waals surface area contributed by atoms with Crippen molar-refractivity contribution in [3.05, 3.63) is 81.8 Å². The first-order valence-corrected chi connectivity index (χ1v) is 12.3. The second-order valence-corrected chi connectivity index (χ2v) is 10.6. The van der Waals surface area contributed by atoms with Crippen molar-refractivity contribution in [2.75, 3.05) is 5.32 Å². The highest BCUT2D eigenvalue weighted by molar-refractivity contribution is 6.62. The number of hydrogen-bond acceptors (Lipinski definition) is 5. The van der Waals surface area contributed by atoms with Crippen molar-refractivity contribution in [2.45, 2.75) is 57.8 Å². The summed E-state index contributed by atoms with van der Waals surface area (Å²) in [6.07, 6.45) is 2.97. The second kappa shape index (κ2) is 9.19. The van der Waals surface area contributed by atoms with Crippen LogP contribution in [0.1, 0.15) is 62.6 Å². The van der Waals surface area contributed by atoms with Crippen LogP contribution in [-0.2, 0) is 9.31 Å². The van der Waals surface area contributed by atoms with Crippen LogP contribution in [0.5, 0.6) is 0 Å². The monoisotopic (exact) mass is 517 g/mol. The number of carbonyl (C=O) groups excluding carboxylic acids is 1. The van der Waals surface area contributed by atoms with Crippen LogP contribution in [0.25, 0.3) is 11.1 Å². The van der Waals surface area contributed by atoms with Crippen molar-refractivity contribution in [3.8, 4) is 17.2 Å². The number of halogens is 2. The summed E-state index contributed by atoms with van der Waals surface area (Å²) >= 11 is 0. The second-order valence-electron chi connectivity index (χ2n) is 10.6. The molecule has 0 atom stereocenters. The predicted octanol–water partition coefficient (Wildman–Crippen LogP) is 4.55. The summed E-state index contributed by atoms with van der Waals surface area (Å²) in [6, 6.07) is 11.3. The zero-order valence-corrected chi connectivity index (χ0v) is 21.5. The number of aromatic nitrogens is 1. The minimum Gasteiger partial charge on any atom is -0.399 e. The van der Waals surface area contributed by atoms with Gasteiger partial charge in [-0.1, -0.05) is 18.2 Å². The third-order valence-corrected chi connectivity index (χ3v) is 7.42. The number of hydrogen-bond donors (Lipinski definition) is 1. The molecule has 2 aliphatic rings. The van der Waals surface area contributed by atoms with E-state index in [9.17, 15) is 19.2 Å². The molecule has 1 aliphatic carbocycles. The Morgan fingerprint density at radius 2 is 1.71 bits per heavy atom. The summed E-state index contributed by atoms with van der Waals surface area (Å²) in [6.45, 7) is 7.47. The Kier molecular flexibility index (Phi) is 6.24. The maximum absolute atomic E-state index is 15.1. The van der Waals surface area contributed by atoms with Gasteiger partial charge >= 0.3 is 7.12 Å². The molecule has 1 saturated carbocycles. The molecule has 1 N–H and O–H groups in total. The van der Waals surface area contributed by atoms with Crippen molar-refractivity contribution in [1.82, 2.24) is 4.57 Å². The van der Waals surface area contributed by atoms with Crippen molar-refractivity contribution in [2.24, 2.45) is 0 Å². The highest BCUT2D eigenvalue weighted by Crippen LogP contribution is 2.38. The molecule has 7 nitrogen and oxygen atoms in total. The highest BCUT2D eigenvalue weighted by Gasteiger charge is 2.52. The van der Waals surface area contributed by atoms with Crippen molar-refractivity contribution < 1.29 is 22.9 Å². The molecule has 3 aromatic rings. The van der Waals surface area contributed by atoms with Crippen LogP contribution in [0.3, 0.4) is 0 Å². The quantitative estimate of drug-likeness (QED) is 0.502. The average molecular weight is 517 g/mol. The van der Waals surface area contributed by atoms with Crippen LogP contribution in [0.2, 0.25) is 0 Å². The molecule has 1 aromatic heterocycles. The molecular weight excluding hydrogens is 491 g/mol. The summed E-state index contributed by atoms with van der Waals surface area (Å²) in [5.41, 5.74) is -1.37. The Hall–Kier alpha value is -3.81. The minimum atomic E-state index is -0.910. The molecule has 2 fully saturated rings. The summed E-state index contributed by atoms with van der Waals surface area (Å²) in [5, 5.41) is 12.4. The van der Waals surface area contributed by atoms with Crippen LogP contribution in [-0.4, -0.2) is 28.8 Å². The number of benzene rings is 2. The topological polar surface area (TPSA) is 93.4 Å². The molecule has 194 valence electrons. The van der Waals surface area contributed by atoms with Gasteiger partial charge in [-0.2, -0.15) is 5.26 Å². The van der Waals surface area contributed by atoms with Crippen LogP contribution in [0, 0.1) is 23.0 Å². The first kappa shape index (κ1) is 25.8. The SMILES string of the molecule is CC1(C)OB(c2ccc(NC(=O)c3cn(C4CC4)c(C#N)c(-c4ccc(F)cc4)c3=O)cc2F)OC1(C)C. The number of amides is 1. The molecule has 1 aliphatic heterocycles. The molecule has 2 aromatic carbocycles. The van der Waals surface area contributed by atoms with Gasteiger partial charge < -0.3 is 19.2 Å². The van der Waals surface area contributed by atoms with Crippen molar-refractivity contribution >= 4 is 24.2 Å². The molecule has 1 amide bonds. The fourth-order valence-corrected chi connectivity index (χ4v) is 4.40. The zero-order valence-electron chi connectivity index (χ0n) is 21.5. The Labute approximate surface area is 219 Å². The van der Waals surface area contributed by atoms with Crippen LogP contribution < -0.4 is 16.2 Å². The molecule has 1 saturated heterocycles. The maximum Gasteiger partial charge on any atom is 0.497 e. The molecular formula is C28H26BF2N3O4. The fraction of sp³-hybridized carbons (Fsp3) is 0.321. The number of nitrogens with zero attached hydrogens (tertiary/aromatic N) is 2. The van der Waals surface area contributed by atoms with Gasteiger partial charge in [0.05, 0.1) is 16.8 Å². The molecule has 10 heteroatoms. The first-order valence-electron chi connectivity index (χ1n) is 12.3. The fourth-order valence-electron chi connectivity index (χ4n) is 4.40. The molecule has 0 bridgehead atoms. The lowest BCUT2D eigenvalue weighted by Crippen LogP contribution is -2.41. The van der Waals surface area contributed by atoms with E-state index in [1.165, 1.54) is 42.6 Å². The Balaban J connectivity index is 1.48. The van der Waals surface area contributed by atoms with Gasteiger partial charge in [-0.05, 0) is 70.4 Å². The predicted molar refractivity (Wildman–Crippen MR) is 139 cm³/mol. The molecule has 38 heavy (non-hydrogen) atoms. The van der Waals surface area contributed by atoms with E-state index in [4.69, 9.17) is 9.31 Å². The van der Waals surface area contributed by atoms with Gasteiger partial charge in [0.15, 0.2) is 0 Å². The van der Waals surface area contributed by atoms with E-state index >= 15 is 4.39 Å². The van der Waals surface area contributed by atoms with Gasteiger partial charge in [-0.15, -0.1) is 0 Å². The Morgan fingerprint density at radius 3 is 2.26 bits per heavy atom. The third-order valence-electron chi connectivity index (χ3n) is 7.42.